The lowest BCUT2D eigenvalue weighted by atomic mass is 10.0. The van der Waals surface area contributed by atoms with Gasteiger partial charge in [-0.2, -0.15) is 0 Å². The molecule has 28 heavy (non-hydrogen) atoms. The highest BCUT2D eigenvalue weighted by Gasteiger charge is 2.28. The molecule has 1 saturated heterocycles. The summed E-state index contributed by atoms with van der Waals surface area (Å²) in [6.45, 7) is 0.935. The van der Waals surface area contributed by atoms with Crippen LogP contribution in [0.15, 0.2) is 51.7 Å². The quantitative estimate of drug-likeness (QED) is 0.648. The average Bonchev–Trinajstić information content (AvgIpc) is 3.23. The number of amides is 1. The molecule has 2 heterocycles. The monoisotopic (exact) mass is 402 g/mol. The Morgan fingerprint density at radius 3 is 2.93 bits per heavy atom. The van der Waals surface area contributed by atoms with Gasteiger partial charge in [-0.25, -0.2) is 9.18 Å². The Morgan fingerprint density at radius 1 is 1.25 bits per heavy atom. The van der Waals surface area contributed by atoms with Crippen molar-refractivity contribution in [2.24, 2.45) is 0 Å². The summed E-state index contributed by atoms with van der Waals surface area (Å²) in [6, 6.07) is 11.6. The summed E-state index contributed by atoms with van der Waals surface area (Å²) in [5.41, 5.74) is 1.92. The average molecular weight is 403 g/mol. The fourth-order valence-electron chi connectivity index (χ4n) is 3.92. The number of hydrogen-bond acceptors (Lipinski definition) is 3. The van der Waals surface area contributed by atoms with E-state index >= 15 is 0 Å². The molecule has 0 saturated carbocycles. The highest BCUT2D eigenvalue weighted by molar-refractivity contribution is 6.31. The number of oxazole rings is 1. The van der Waals surface area contributed by atoms with E-state index in [0.717, 1.165) is 18.4 Å². The molecule has 1 aliphatic rings. The molecule has 0 spiro atoms. The molecule has 1 atom stereocenters. The van der Waals surface area contributed by atoms with Gasteiger partial charge in [0.15, 0.2) is 5.58 Å². The molecule has 1 fully saturated rings. The Morgan fingerprint density at radius 2 is 2.11 bits per heavy atom. The van der Waals surface area contributed by atoms with Crippen LogP contribution in [-0.2, 0) is 17.8 Å². The van der Waals surface area contributed by atoms with Crippen LogP contribution in [0.5, 0.6) is 0 Å². The molecule has 1 aliphatic heterocycles. The van der Waals surface area contributed by atoms with Gasteiger partial charge in [0.25, 0.3) is 0 Å². The summed E-state index contributed by atoms with van der Waals surface area (Å²) in [4.78, 5) is 26.8. The van der Waals surface area contributed by atoms with Crippen molar-refractivity contribution in [1.82, 2.24) is 9.47 Å². The highest BCUT2D eigenvalue weighted by Crippen LogP contribution is 2.23. The Balaban J connectivity index is 1.45. The van der Waals surface area contributed by atoms with Crippen LogP contribution in [0.2, 0.25) is 5.02 Å². The molecule has 1 amide bonds. The van der Waals surface area contributed by atoms with E-state index in [1.54, 1.807) is 24.3 Å². The van der Waals surface area contributed by atoms with E-state index in [0.29, 0.717) is 29.1 Å². The Kier molecular flexibility index (Phi) is 5.22. The van der Waals surface area contributed by atoms with Crippen molar-refractivity contribution in [3.63, 3.8) is 0 Å². The maximum atomic E-state index is 13.4. The van der Waals surface area contributed by atoms with Gasteiger partial charge in [0, 0.05) is 36.6 Å². The van der Waals surface area contributed by atoms with Gasteiger partial charge in [-0.05, 0) is 49.1 Å². The third-order valence-corrected chi connectivity index (χ3v) is 5.47. The molecule has 0 aliphatic carbocycles. The van der Waals surface area contributed by atoms with Gasteiger partial charge < -0.3 is 9.32 Å². The van der Waals surface area contributed by atoms with Crippen LogP contribution in [0.4, 0.5) is 4.39 Å². The van der Waals surface area contributed by atoms with E-state index < -0.39 is 5.76 Å². The lowest BCUT2D eigenvalue weighted by Crippen LogP contribution is -2.37. The minimum atomic E-state index is -0.497. The van der Waals surface area contributed by atoms with Gasteiger partial charge in [0.2, 0.25) is 5.91 Å². The number of halogens is 2. The zero-order valence-corrected chi connectivity index (χ0v) is 16.0. The molecule has 146 valence electrons. The maximum absolute atomic E-state index is 13.4. The molecule has 2 aromatic carbocycles. The predicted octanol–water partition coefficient (Wildman–Crippen LogP) is 4.01. The fraction of sp³-hybridized carbons (Fsp3) is 0.333. The molecule has 3 aromatic rings. The van der Waals surface area contributed by atoms with Gasteiger partial charge >= 0.3 is 5.76 Å². The summed E-state index contributed by atoms with van der Waals surface area (Å²) < 4.78 is 20.1. The lowest BCUT2D eigenvalue weighted by molar-refractivity contribution is -0.132. The summed E-state index contributed by atoms with van der Waals surface area (Å²) in [5.74, 6) is -0.767. The molecule has 0 N–H and O–H groups in total. The Hall–Kier alpha value is -2.60. The number of carbonyl (C=O) groups excluding carboxylic acids is 1. The predicted molar refractivity (Wildman–Crippen MR) is 105 cm³/mol. The molecule has 0 radical (unpaired) electrons. The van der Waals surface area contributed by atoms with Crippen molar-refractivity contribution in [2.75, 3.05) is 6.54 Å². The summed E-state index contributed by atoms with van der Waals surface area (Å²) >= 11 is 5.93. The lowest BCUT2D eigenvalue weighted by Gasteiger charge is -2.25. The number of rotatable bonds is 5. The van der Waals surface area contributed by atoms with Gasteiger partial charge in [-0.1, -0.05) is 23.7 Å². The van der Waals surface area contributed by atoms with E-state index in [9.17, 15) is 14.0 Å². The second-order valence-corrected chi connectivity index (χ2v) is 7.54. The largest absolute Gasteiger partial charge is 0.419 e. The van der Waals surface area contributed by atoms with Crippen molar-refractivity contribution >= 4 is 28.6 Å². The summed E-state index contributed by atoms with van der Waals surface area (Å²) in [6.07, 6.45) is 2.67. The molecule has 0 bridgehead atoms. The number of hydrogen-bond donors (Lipinski definition) is 0. The molecule has 4 rings (SSSR count). The van der Waals surface area contributed by atoms with Crippen LogP contribution >= 0.6 is 11.6 Å². The Labute approximate surface area is 166 Å². The third kappa shape index (κ3) is 3.83. The van der Waals surface area contributed by atoms with E-state index in [1.165, 1.54) is 16.7 Å². The summed E-state index contributed by atoms with van der Waals surface area (Å²) in [7, 11) is 0. The third-order valence-electron chi connectivity index (χ3n) is 5.24. The van der Waals surface area contributed by atoms with Crippen molar-refractivity contribution in [3.05, 3.63) is 69.4 Å². The standard InChI is InChI=1S/C21H20ClFN2O3/c22-15-6-7-18-19(13-15)28-21(27)25(18)10-8-20(26)24-9-2-5-17(24)12-14-3-1-4-16(23)11-14/h1,3-4,6-7,11,13,17H,2,5,8-10,12H2/t17-/m0/s1. The minimum absolute atomic E-state index is 0.00545. The first-order valence-corrected chi connectivity index (χ1v) is 9.72. The van der Waals surface area contributed by atoms with E-state index in [-0.39, 0.29) is 30.7 Å². The highest BCUT2D eigenvalue weighted by atomic mass is 35.5. The molecule has 0 unspecified atom stereocenters. The molecule has 1 aromatic heterocycles. The number of benzene rings is 2. The maximum Gasteiger partial charge on any atom is 0.419 e. The van der Waals surface area contributed by atoms with Crippen LogP contribution in [0, 0.1) is 5.82 Å². The normalized spacial score (nSPS) is 16.8. The van der Waals surface area contributed by atoms with Crippen LogP contribution in [0.1, 0.15) is 24.8 Å². The number of aromatic nitrogens is 1. The van der Waals surface area contributed by atoms with Crippen LogP contribution in [-0.4, -0.2) is 28.0 Å². The van der Waals surface area contributed by atoms with Crippen molar-refractivity contribution in [3.8, 4) is 0 Å². The van der Waals surface area contributed by atoms with Crippen LogP contribution in [0.25, 0.3) is 11.1 Å². The zero-order chi connectivity index (χ0) is 19.7. The summed E-state index contributed by atoms with van der Waals surface area (Å²) in [5, 5.41) is 0.488. The van der Waals surface area contributed by atoms with E-state index in [4.69, 9.17) is 16.0 Å². The number of nitrogens with zero attached hydrogens (tertiary/aromatic N) is 2. The number of aryl methyl sites for hydroxylation is 1. The molecule has 7 heteroatoms. The molecular formula is C21H20ClFN2O3. The topological polar surface area (TPSA) is 55.5 Å². The van der Waals surface area contributed by atoms with Crippen LogP contribution in [0.3, 0.4) is 0 Å². The first-order chi connectivity index (χ1) is 13.5. The number of fused-ring (bicyclic) bond motifs is 1. The smallest absolute Gasteiger partial charge is 0.408 e. The van der Waals surface area contributed by atoms with Crippen molar-refractivity contribution in [2.45, 2.75) is 38.3 Å². The second kappa shape index (κ2) is 7.80. The van der Waals surface area contributed by atoms with Crippen LogP contribution < -0.4 is 5.76 Å². The first-order valence-electron chi connectivity index (χ1n) is 9.34. The molecule has 5 nitrogen and oxygen atoms in total. The van der Waals surface area contributed by atoms with Gasteiger partial charge in [0.1, 0.15) is 5.82 Å². The van der Waals surface area contributed by atoms with Crippen molar-refractivity contribution in [1.29, 1.82) is 0 Å². The Bertz CT molecular complexity index is 1070. The van der Waals surface area contributed by atoms with E-state index in [1.807, 2.05) is 11.0 Å². The first kappa shape index (κ1) is 18.7. The van der Waals surface area contributed by atoms with Gasteiger partial charge in [-0.15, -0.1) is 0 Å². The SMILES string of the molecule is O=C(CCn1c(=O)oc2cc(Cl)ccc21)N1CCC[C@H]1Cc1cccc(F)c1. The second-order valence-electron chi connectivity index (χ2n) is 7.10. The fourth-order valence-corrected chi connectivity index (χ4v) is 4.08. The van der Waals surface area contributed by atoms with E-state index in [2.05, 4.69) is 0 Å². The molecular weight excluding hydrogens is 383 g/mol. The van der Waals surface area contributed by atoms with Gasteiger partial charge in [0.05, 0.1) is 5.52 Å². The van der Waals surface area contributed by atoms with Gasteiger partial charge in [-0.3, -0.25) is 9.36 Å². The number of likely N-dealkylation sites (tertiary alicyclic amines) is 1. The number of carbonyl (C=O) groups is 1. The minimum Gasteiger partial charge on any atom is -0.408 e. The van der Waals surface area contributed by atoms with Crippen molar-refractivity contribution < 1.29 is 13.6 Å². The zero-order valence-electron chi connectivity index (χ0n) is 15.2.